The van der Waals surface area contributed by atoms with Gasteiger partial charge in [-0.05, 0) is 31.0 Å². The fourth-order valence-electron chi connectivity index (χ4n) is 2.03. The van der Waals surface area contributed by atoms with Gasteiger partial charge in [-0.1, -0.05) is 34.4 Å². The zero-order chi connectivity index (χ0) is 16.9. The molecule has 0 bridgehead atoms. The van der Waals surface area contributed by atoms with Crippen molar-refractivity contribution < 1.29 is 4.52 Å². The van der Waals surface area contributed by atoms with Gasteiger partial charge in [0, 0.05) is 22.7 Å². The number of hydrogen-bond acceptors (Lipinski definition) is 7. The average Bonchev–Trinajstić information content (AvgIpc) is 2.95. The molecule has 0 aliphatic rings. The molecule has 1 aromatic carbocycles. The molecule has 0 fully saturated rings. The van der Waals surface area contributed by atoms with Crippen molar-refractivity contribution in [3.63, 3.8) is 0 Å². The van der Waals surface area contributed by atoms with Crippen molar-refractivity contribution in [3.8, 4) is 0 Å². The first-order valence-electron chi connectivity index (χ1n) is 7.18. The summed E-state index contributed by atoms with van der Waals surface area (Å²) in [6.07, 6.45) is 2.27. The Morgan fingerprint density at radius 3 is 2.79 bits per heavy atom. The quantitative estimate of drug-likeness (QED) is 0.685. The van der Waals surface area contributed by atoms with E-state index in [1.807, 2.05) is 12.1 Å². The molecular formula is C15H14Cl2N6O. The van der Waals surface area contributed by atoms with Gasteiger partial charge in [0.05, 0.1) is 6.20 Å². The van der Waals surface area contributed by atoms with E-state index in [9.17, 15) is 0 Å². The maximum atomic E-state index is 6.15. The predicted octanol–water partition coefficient (Wildman–Crippen LogP) is 3.87. The molecule has 0 aliphatic heterocycles. The SMILES string of the molecule is Cc1cc(Nc2nncc(NCCc3ccc(Cl)cc3Cl)n2)no1. The summed E-state index contributed by atoms with van der Waals surface area (Å²) in [4.78, 5) is 4.31. The maximum absolute atomic E-state index is 6.15. The van der Waals surface area contributed by atoms with Crippen molar-refractivity contribution in [2.24, 2.45) is 0 Å². The summed E-state index contributed by atoms with van der Waals surface area (Å²) in [7, 11) is 0. The van der Waals surface area contributed by atoms with E-state index in [0.717, 1.165) is 12.0 Å². The van der Waals surface area contributed by atoms with E-state index in [2.05, 4.69) is 31.0 Å². The third-order valence-corrected chi connectivity index (χ3v) is 3.73. The Kier molecular flexibility index (Phi) is 5.12. The van der Waals surface area contributed by atoms with Gasteiger partial charge in [0.1, 0.15) is 5.76 Å². The van der Waals surface area contributed by atoms with Crippen LogP contribution in [0.4, 0.5) is 17.6 Å². The van der Waals surface area contributed by atoms with E-state index < -0.39 is 0 Å². The summed E-state index contributed by atoms with van der Waals surface area (Å²) in [5.41, 5.74) is 1.01. The first-order valence-corrected chi connectivity index (χ1v) is 7.93. The van der Waals surface area contributed by atoms with Crippen LogP contribution in [0.1, 0.15) is 11.3 Å². The van der Waals surface area contributed by atoms with Gasteiger partial charge < -0.3 is 15.2 Å². The van der Waals surface area contributed by atoms with Crippen LogP contribution < -0.4 is 10.6 Å². The zero-order valence-electron chi connectivity index (χ0n) is 12.8. The van der Waals surface area contributed by atoms with E-state index in [1.165, 1.54) is 0 Å². The fraction of sp³-hybridized carbons (Fsp3) is 0.200. The maximum Gasteiger partial charge on any atom is 0.250 e. The van der Waals surface area contributed by atoms with Crippen LogP contribution in [-0.4, -0.2) is 26.9 Å². The Hall–Kier alpha value is -2.38. The molecule has 124 valence electrons. The molecule has 7 nitrogen and oxygen atoms in total. The van der Waals surface area contributed by atoms with Crippen molar-refractivity contribution in [2.75, 3.05) is 17.2 Å². The molecule has 0 saturated heterocycles. The van der Waals surface area contributed by atoms with E-state index in [-0.39, 0.29) is 0 Å². The largest absolute Gasteiger partial charge is 0.368 e. The number of anilines is 3. The number of nitrogens with zero attached hydrogens (tertiary/aromatic N) is 4. The topological polar surface area (TPSA) is 88.8 Å². The summed E-state index contributed by atoms with van der Waals surface area (Å²) in [6, 6.07) is 7.19. The van der Waals surface area contributed by atoms with E-state index in [1.54, 1.807) is 25.3 Å². The molecule has 0 saturated carbocycles. The minimum atomic E-state index is 0.331. The van der Waals surface area contributed by atoms with Crippen molar-refractivity contribution in [1.29, 1.82) is 0 Å². The van der Waals surface area contributed by atoms with E-state index >= 15 is 0 Å². The van der Waals surface area contributed by atoms with Crippen LogP contribution in [0.2, 0.25) is 10.0 Å². The lowest BCUT2D eigenvalue weighted by Gasteiger charge is -2.08. The predicted molar refractivity (Wildman–Crippen MR) is 93.0 cm³/mol. The lowest BCUT2D eigenvalue weighted by Crippen LogP contribution is -2.09. The summed E-state index contributed by atoms with van der Waals surface area (Å²) < 4.78 is 4.97. The minimum Gasteiger partial charge on any atom is -0.368 e. The number of aromatic nitrogens is 4. The van der Waals surface area contributed by atoms with Crippen LogP contribution in [-0.2, 0) is 6.42 Å². The molecule has 0 spiro atoms. The van der Waals surface area contributed by atoms with Crippen molar-refractivity contribution in [2.45, 2.75) is 13.3 Å². The highest BCUT2D eigenvalue weighted by Crippen LogP contribution is 2.21. The second-order valence-electron chi connectivity index (χ2n) is 5.03. The van der Waals surface area contributed by atoms with Gasteiger partial charge in [-0.25, -0.2) is 0 Å². The van der Waals surface area contributed by atoms with Crippen LogP contribution in [0.15, 0.2) is 35.0 Å². The third-order valence-electron chi connectivity index (χ3n) is 3.14. The Labute approximate surface area is 148 Å². The number of hydrogen-bond donors (Lipinski definition) is 2. The average molecular weight is 365 g/mol. The number of halogens is 2. The third kappa shape index (κ3) is 4.33. The van der Waals surface area contributed by atoms with Crippen LogP contribution in [0.5, 0.6) is 0 Å². The fourth-order valence-corrected chi connectivity index (χ4v) is 2.53. The first-order chi connectivity index (χ1) is 11.6. The molecule has 0 radical (unpaired) electrons. The van der Waals surface area contributed by atoms with Gasteiger partial charge in [-0.2, -0.15) is 10.1 Å². The molecule has 0 atom stereocenters. The molecule has 3 aromatic rings. The Bertz CT molecular complexity index is 838. The van der Waals surface area contributed by atoms with E-state index in [4.69, 9.17) is 27.7 Å². The van der Waals surface area contributed by atoms with Crippen LogP contribution in [0.25, 0.3) is 0 Å². The molecule has 2 aromatic heterocycles. The second kappa shape index (κ2) is 7.46. The van der Waals surface area contributed by atoms with Gasteiger partial charge in [0.15, 0.2) is 11.6 Å². The van der Waals surface area contributed by atoms with Crippen molar-refractivity contribution >= 4 is 40.8 Å². The van der Waals surface area contributed by atoms with Gasteiger partial charge >= 0.3 is 0 Å². The molecule has 24 heavy (non-hydrogen) atoms. The minimum absolute atomic E-state index is 0.331. The molecule has 0 amide bonds. The molecule has 0 aliphatic carbocycles. The van der Waals surface area contributed by atoms with E-state index in [0.29, 0.717) is 39.9 Å². The molecule has 3 rings (SSSR count). The lowest BCUT2D eigenvalue weighted by atomic mass is 10.1. The summed E-state index contributed by atoms with van der Waals surface area (Å²) >= 11 is 12.0. The monoisotopic (exact) mass is 364 g/mol. The normalized spacial score (nSPS) is 10.6. The molecular weight excluding hydrogens is 351 g/mol. The molecule has 9 heteroatoms. The second-order valence-corrected chi connectivity index (χ2v) is 5.87. The van der Waals surface area contributed by atoms with Gasteiger partial charge in [0.2, 0.25) is 5.95 Å². The molecule has 2 heterocycles. The number of benzene rings is 1. The standard InChI is InChI=1S/C15H14Cl2N6O/c1-9-6-13(23-24-9)20-15-21-14(8-19-22-15)18-5-4-10-2-3-11(16)7-12(10)17/h2-3,6-8H,4-5H2,1H3,(H2,18,20,21,22,23). The Balaban J connectivity index is 1.58. The van der Waals surface area contributed by atoms with Crippen LogP contribution in [0, 0.1) is 6.92 Å². The lowest BCUT2D eigenvalue weighted by molar-refractivity contribution is 0.400. The number of aryl methyl sites for hydroxylation is 1. The highest BCUT2D eigenvalue weighted by Gasteiger charge is 2.05. The zero-order valence-corrected chi connectivity index (χ0v) is 14.3. The van der Waals surface area contributed by atoms with Crippen LogP contribution >= 0.6 is 23.2 Å². The summed E-state index contributed by atoms with van der Waals surface area (Å²) in [5.74, 6) is 2.15. The van der Waals surface area contributed by atoms with Gasteiger partial charge in [0.25, 0.3) is 0 Å². The molecule has 2 N–H and O–H groups in total. The Morgan fingerprint density at radius 1 is 1.17 bits per heavy atom. The first kappa shape index (κ1) is 16.5. The van der Waals surface area contributed by atoms with Gasteiger partial charge in [-0.15, -0.1) is 5.10 Å². The van der Waals surface area contributed by atoms with Crippen LogP contribution in [0.3, 0.4) is 0 Å². The number of nitrogens with one attached hydrogen (secondary N) is 2. The molecule has 0 unspecified atom stereocenters. The van der Waals surface area contributed by atoms with Crippen molar-refractivity contribution in [3.05, 3.63) is 51.8 Å². The smallest absolute Gasteiger partial charge is 0.250 e. The number of rotatable bonds is 6. The highest BCUT2D eigenvalue weighted by atomic mass is 35.5. The Morgan fingerprint density at radius 2 is 2.04 bits per heavy atom. The van der Waals surface area contributed by atoms with Crippen molar-refractivity contribution in [1.82, 2.24) is 20.3 Å². The summed E-state index contributed by atoms with van der Waals surface area (Å²) in [5, 5.41) is 19.0. The summed E-state index contributed by atoms with van der Waals surface area (Å²) in [6.45, 7) is 2.44. The van der Waals surface area contributed by atoms with Gasteiger partial charge in [-0.3, -0.25) is 0 Å². The highest BCUT2D eigenvalue weighted by molar-refractivity contribution is 6.35.